The van der Waals surface area contributed by atoms with Crippen molar-refractivity contribution in [1.29, 1.82) is 0 Å². The topological polar surface area (TPSA) is 7.12 Å². The predicted molar refractivity (Wildman–Crippen MR) is 106 cm³/mol. The fourth-order valence-electron chi connectivity index (χ4n) is 3.58. The highest BCUT2D eigenvalue weighted by Gasteiger charge is 2.19. The van der Waals surface area contributed by atoms with Gasteiger partial charge in [0.15, 0.2) is 6.20 Å². The molecule has 0 amide bonds. The lowest BCUT2D eigenvalue weighted by atomic mass is 9.94. The Balaban J connectivity index is 1.94. The average molecular weight is 327 g/mol. The van der Waals surface area contributed by atoms with E-state index < -0.39 is 0 Å². The van der Waals surface area contributed by atoms with Gasteiger partial charge in [-0.1, -0.05) is 36.4 Å². The molecule has 0 saturated heterocycles. The molecule has 2 heteroatoms. The Morgan fingerprint density at radius 2 is 1.80 bits per heavy atom. The van der Waals surface area contributed by atoms with Crippen LogP contribution in [0.4, 0.5) is 0 Å². The molecule has 4 rings (SSSR count). The van der Waals surface area contributed by atoms with Gasteiger partial charge in [0.2, 0.25) is 5.69 Å². The Kier molecular flexibility index (Phi) is 4.10. The van der Waals surface area contributed by atoms with E-state index >= 15 is 0 Å². The molecule has 0 atom stereocenters. The zero-order valence-electron chi connectivity index (χ0n) is 14.8. The zero-order valence-corrected chi connectivity index (χ0v) is 14.8. The van der Waals surface area contributed by atoms with Crippen LogP contribution in [0, 0.1) is 0 Å². The molecule has 25 heavy (non-hydrogen) atoms. The van der Waals surface area contributed by atoms with E-state index in [0.717, 1.165) is 13.1 Å². The zero-order chi connectivity index (χ0) is 17.2. The van der Waals surface area contributed by atoms with Crippen molar-refractivity contribution in [3.8, 4) is 0 Å². The minimum Gasteiger partial charge on any atom is -0.348 e. The maximum Gasteiger partial charge on any atom is 0.207 e. The van der Waals surface area contributed by atoms with E-state index in [4.69, 9.17) is 0 Å². The first-order valence-corrected chi connectivity index (χ1v) is 8.99. The third kappa shape index (κ3) is 2.74. The molecule has 0 N–H and O–H groups in total. The normalized spacial score (nSPS) is 15.0. The van der Waals surface area contributed by atoms with Gasteiger partial charge in [0.25, 0.3) is 0 Å². The second-order valence-electron chi connectivity index (χ2n) is 6.29. The SMILES string of the molecule is CCN1C=Cc2c(ccc3ccccc23)C1=Cc1cccc[n+]1CC. The molecular weight excluding hydrogens is 304 g/mol. The molecule has 1 aliphatic rings. The van der Waals surface area contributed by atoms with Crippen LogP contribution >= 0.6 is 0 Å². The number of nitrogens with zero attached hydrogens (tertiary/aromatic N) is 2. The summed E-state index contributed by atoms with van der Waals surface area (Å²) in [5.41, 5.74) is 5.11. The van der Waals surface area contributed by atoms with Gasteiger partial charge in [-0.05, 0) is 42.3 Å². The quantitative estimate of drug-likeness (QED) is 0.617. The monoisotopic (exact) mass is 327 g/mol. The molecule has 2 aromatic carbocycles. The van der Waals surface area contributed by atoms with Crippen molar-refractivity contribution in [3.63, 3.8) is 0 Å². The number of hydrogen-bond acceptors (Lipinski definition) is 1. The molecule has 0 saturated carbocycles. The third-order valence-corrected chi connectivity index (χ3v) is 4.92. The Labute approximate surface area is 149 Å². The van der Waals surface area contributed by atoms with Crippen LogP contribution in [-0.4, -0.2) is 11.4 Å². The van der Waals surface area contributed by atoms with E-state index in [1.54, 1.807) is 0 Å². The van der Waals surface area contributed by atoms with Crippen molar-refractivity contribution >= 4 is 28.6 Å². The highest BCUT2D eigenvalue weighted by molar-refractivity contribution is 5.99. The maximum absolute atomic E-state index is 2.32. The van der Waals surface area contributed by atoms with E-state index in [1.165, 1.54) is 33.3 Å². The molecule has 0 spiro atoms. The van der Waals surface area contributed by atoms with Crippen molar-refractivity contribution in [3.05, 3.63) is 83.8 Å². The van der Waals surface area contributed by atoms with Crippen LogP contribution in [0.25, 0.3) is 28.6 Å². The summed E-state index contributed by atoms with van der Waals surface area (Å²) in [6.45, 7) is 6.30. The molecule has 0 aliphatic carbocycles. The number of hydrogen-bond donors (Lipinski definition) is 0. The summed E-state index contributed by atoms with van der Waals surface area (Å²) in [5.74, 6) is 0. The molecule has 0 unspecified atom stereocenters. The number of aromatic nitrogens is 1. The summed E-state index contributed by atoms with van der Waals surface area (Å²) in [7, 11) is 0. The van der Waals surface area contributed by atoms with Crippen LogP contribution in [0.15, 0.2) is 67.0 Å². The molecule has 2 heterocycles. The first-order chi connectivity index (χ1) is 12.3. The van der Waals surface area contributed by atoms with Gasteiger partial charge in [0.05, 0.1) is 5.70 Å². The molecule has 1 aromatic heterocycles. The van der Waals surface area contributed by atoms with Crippen molar-refractivity contribution in [1.82, 2.24) is 4.90 Å². The summed E-state index contributed by atoms with van der Waals surface area (Å²) in [6.07, 6.45) is 8.91. The van der Waals surface area contributed by atoms with Crippen LogP contribution in [-0.2, 0) is 6.54 Å². The van der Waals surface area contributed by atoms with E-state index in [9.17, 15) is 0 Å². The summed E-state index contributed by atoms with van der Waals surface area (Å²) < 4.78 is 2.28. The van der Waals surface area contributed by atoms with E-state index in [1.807, 2.05) is 0 Å². The minimum atomic E-state index is 0.952. The number of rotatable bonds is 3. The summed E-state index contributed by atoms with van der Waals surface area (Å²) in [4.78, 5) is 2.32. The summed E-state index contributed by atoms with van der Waals surface area (Å²) in [6, 6.07) is 19.5. The summed E-state index contributed by atoms with van der Waals surface area (Å²) >= 11 is 0. The van der Waals surface area contributed by atoms with E-state index in [0.29, 0.717) is 0 Å². The van der Waals surface area contributed by atoms with Gasteiger partial charge >= 0.3 is 0 Å². The highest BCUT2D eigenvalue weighted by atomic mass is 15.1. The van der Waals surface area contributed by atoms with Gasteiger partial charge < -0.3 is 4.90 Å². The van der Waals surface area contributed by atoms with Crippen molar-refractivity contribution in [2.75, 3.05) is 6.54 Å². The van der Waals surface area contributed by atoms with Gasteiger partial charge in [0.1, 0.15) is 6.54 Å². The maximum atomic E-state index is 2.32. The van der Waals surface area contributed by atoms with Crippen LogP contribution in [0.5, 0.6) is 0 Å². The minimum absolute atomic E-state index is 0.952. The number of benzene rings is 2. The third-order valence-electron chi connectivity index (χ3n) is 4.92. The molecule has 0 bridgehead atoms. The van der Waals surface area contributed by atoms with Crippen molar-refractivity contribution in [2.45, 2.75) is 20.4 Å². The van der Waals surface area contributed by atoms with Gasteiger partial charge in [0, 0.05) is 36.5 Å². The van der Waals surface area contributed by atoms with Crippen molar-refractivity contribution < 1.29 is 4.57 Å². The fourth-order valence-corrected chi connectivity index (χ4v) is 3.58. The van der Waals surface area contributed by atoms with E-state index in [-0.39, 0.29) is 0 Å². The molecule has 124 valence electrons. The van der Waals surface area contributed by atoms with Gasteiger partial charge in [-0.15, -0.1) is 0 Å². The number of pyridine rings is 1. The van der Waals surface area contributed by atoms with Gasteiger partial charge in [-0.2, -0.15) is 4.57 Å². The number of fused-ring (bicyclic) bond motifs is 3. The Bertz CT molecular complexity index is 982. The molecule has 0 fully saturated rings. The Morgan fingerprint density at radius 3 is 2.64 bits per heavy atom. The second kappa shape index (κ2) is 6.56. The lowest BCUT2D eigenvalue weighted by Crippen LogP contribution is -2.35. The fraction of sp³-hybridized carbons (Fsp3) is 0.174. The highest BCUT2D eigenvalue weighted by Crippen LogP contribution is 2.35. The first-order valence-electron chi connectivity index (χ1n) is 8.99. The van der Waals surface area contributed by atoms with E-state index in [2.05, 4.69) is 102 Å². The van der Waals surface area contributed by atoms with Crippen LogP contribution in [0.3, 0.4) is 0 Å². The molecular formula is C23H23N2+. The first kappa shape index (κ1) is 15.6. The largest absolute Gasteiger partial charge is 0.348 e. The molecule has 1 aliphatic heterocycles. The Morgan fingerprint density at radius 1 is 0.960 bits per heavy atom. The van der Waals surface area contributed by atoms with Gasteiger partial charge in [-0.25, -0.2) is 0 Å². The number of aryl methyl sites for hydroxylation is 1. The smallest absolute Gasteiger partial charge is 0.207 e. The predicted octanol–water partition coefficient (Wildman–Crippen LogP) is 4.95. The molecule has 3 aromatic rings. The standard InChI is InChI=1S/C23H23N2/c1-3-24-15-8-7-10-19(24)17-23-22-13-12-18-9-5-6-11-20(18)21(22)14-16-25(23)4-2/h5-17H,3-4H2,1-2H3/q+1. The lowest BCUT2D eigenvalue weighted by molar-refractivity contribution is -0.695. The molecule has 0 radical (unpaired) electrons. The average Bonchev–Trinajstić information content (AvgIpc) is 2.68. The lowest BCUT2D eigenvalue weighted by Gasteiger charge is -2.28. The second-order valence-corrected chi connectivity index (χ2v) is 6.29. The van der Waals surface area contributed by atoms with Crippen LogP contribution in [0.2, 0.25) is 0 Å². The summed E-state index contributed by atoms with van der Waals surface area (Å²) in [5, 5.41) is 2.60. The van der Waals surface area contributed by atoms with Crippen molar-refractivity contribution in [2.24, 2.45) is 0 Å². The Hall–Kier alpha value is -2.87. The molecule has 2 nitrogen and oxygen atoms in total. The van der Waals surface area contributed by atoms with Crippen LogP contribution in [0.1, 0.15) is 30.7 Å². The van der Waals surface area contributed by atoms with Gasteiger partial charge in [-0.3, -0.25) is 0 Å². The van der Waals surface area contributed by atoms with Crippen LogP contribution < -0.4 is 4.57 Å².